The van der Waals surface area contributed by atoms with Crippen LogP contribution in [-0.4, -0.2) is 16.6 Å². The molecule has 0 saturated carbocycles. The van der Waals surface area contributed by atoms with Crippen molar-refractivity contribution in [3.63, 3.8) is 0 Å². The van der Waals surface area contributed by atoms with Crippen molar-refractivity contribution in [3.05, 3.63) is 64.6 Å². The van der Waals surface area contributed by atoms with Crippen molar-refractivity contribution >= 4 is 38.9 Å². The van der Waals surface area contributed by atoms with Crippen molar-refractivity contribution in [1.29, 1.82) is 0 Å². The number of anilines is 1. The molecule has 1 N–H and O–H groups in total. The van der Waals surface area contributed by atoms with E-state index in [-0.39, 0.29) is 0 Å². The summed E-state index contributed by atoms with van der Waals surface area (Å²) in [5.41, 5.74) is 2.29. The highest BCUT2D eigenvalue weighted by Gasteiger charge is 2.10. The summed E-state index contributed by atoms with van der Waals surface area (Å²) in [6, 6.07) is 18.5. The van der Waals surface area contributed by atoms with Gasteiger partial charge in [-0.15, -0.1) is 0 Å². The van der Waals surface area contributed by atoms with Crippen LogP contribution in [0.2, 0.25) is 0 Å². The molecule has 2 rings (SSSR count). The van der Waals surface area contributed by atoms with Crippen LogP contribution in [0.5, 0.6) is 0 Å². The number of unbranched alkanes of at least 4 members (excludes halogenated alkanes) is 1. The highest BCUT2D eigenvalue weighted by atomic mass is 79.9. The fourth-order valence-electron chi connectivity index (χ4n) is 2.14. The van der Waals surface area contributed by atoms with Crippen LogP contribution in [0, 0.1) is 0 Å². The molecule has 0 atom stereocenters. The monoisotopic (exact) mass is 376 g/mol. The van der Waals surface area contributed by atoms with Crippen LogP contribution < -0.4 is 5.32 Å². The molecule has 0 aliphatic heterocycles. The number of nitrogens with one attached hydrogen (secondary N) is 1. The smallest absolute Gasteiger partial charge is 0.173 e. The highest BCUT2D eigenvalue weighted by Crippen LogP contribution is 2.15. The zero-order valence-corrected chi connectivity index (χ0v) is 15.2. The first-order valence-electron chi connectivity index (χ1n) is 7.54. The van der Waals surface area contributed by atoms with Gasteiger partial charge in [0.15, 0.2) is 5.11 Å². The second-order valence-corrected chi connectivity index (χ2v) is 6.50. The molecule has 0 fully saturated rings. The molecule has 0 radical (unpaired) electrons. The number of halogens is 1. The maximum atomic E-state index is 5.61. The van der Waals surface area contributed by atoms with Crippen molar-refractivity contribution in [2.24, 2.45) is 0 Å². The molecule has 0 unspecified atom stereocenters. The number of benzene rings is 2. The summed E-state index contributed by atoms with van der Waals surface area (Å²) < 4.78 is 1.07. The molecule has 0 amide bonds. The number of thiocarbonyl (C=S) groups is 1. The standard InChI is InChI=1S/C18H21BrN2S/c1-2-3-13-21(14-15-7-5-4-6-8-15)18(22)20-17-11-9-16(19)10-12-17/h4-12H,2-3,13-14H2,1H3,(H,20,22). The van der Waals surface area contributed by atoms with Gasteiger partial charge in [0, 0.05) is 23.2 Å². The normalized spacial score (nSPS) is 10.3. The molecule has 2 aromatic rings. The third-order valence-corrected chi connectivity index (χ3v) is 4.27. The fourth-order valence-corrected chi connectivity index (χ4v) is 2.68. The van der Waals surface area contributed by atoms with Crippen molar-refractivity contribution in [1.82, 2.24) is 4.90 Å². The van der Waals surface area contributed by atoms with Gasteiger partial charge in [-0.1, -0.05) is 59.6 Å². The minimum Gasteiger partial charge on any atom is -0.345 e. The summed E-state index contributed by atoms with van der Waals surface area (Å²) in [5.74, 6) is 0. The van der Waals surface area contributed by atoms with Gasteiger partial charge in [0.25, 0.3) is 0 Å². The highest BCUT2D eigenvalue weighted by molar-refractivity contribution is 9.10. The first-order chi connectivity index (χ1) is 10.7. The summed E-state index contributed by atoms with van der Waals surface area (Å²) >= 11 is 9.05. The van der Waals surface area contributed by atoms with Gasteiger partial charge in [-0.25, -0.2) is 0 Å². The first kappa shape index (κ1) is 17.0. The minimum absolute atomic E-state index is 0.777. The van der Waals surface area contributed by atoms with E-state index in [0.29, 0.717) is 0 Å². The third-order valence-electron chi connectivity index (χ3n) is 3.38. The molecule has 0 aliphatic rings. The summed E-state index contributed by atoms with van der Waals surface area (Å²) in [4.78, 5) is 2.23. The fraction of sp³-hybridized carbons (Fsp3) is 0.278. The molecular formula is C18H21BrN2S. The number of hydrogen-bond donors (Lipinski definition) is 1. The van der Waals surface area contributed by atoms with Gasteiger partial charge < -0.3 is 10.2 Å². The number of hydrogen-bond acceptors (Lipinski definition) is 1. The summed E-state index contributed by atoms with van der Waals surface area (Å²) in [6.07, 6.45) is 2.29. The van der Waals surface area contributed by atoms with Gasteiger partial charge in [0.2, 0.25) is 0 Å². The van der Waals surface area contributed by atoms with E-state index in [0.717, 1.165) is 41.2 Å². The quantitative estimate of drug-likeness (QED) is 0.674. The lowest BCUT2D eigenvalue weighted by Crippen LogP contribution is -2.35. The molecule has 2 nitrogen and oxygen atoms in total. The molecule has 0 spiro atoms. The Hall–Kier alpha value is -1.39. The SMILES string of the molecule is CCCCN(Cc1ccccc1)C(=S)Nc1ccc(Br)cc1. The van der Waals surface area contributed by atoms with E-state index in [1.807, 2.05) is 30.3 Å². The van der Waals surface area contributed by atoms with Crippen molar-refractivity contribution in [2.75, 3.05) is 11.9 Å². The Morgan fingerprint density at radius 3 is 2.41 bits per heavy atom. The summed E-state index contributed by atoms with van der Waals surface area (Å²) in [7, 11) is 0. The molecule has 4 heteroatoms. The van der Waals surface area contributed by atoms with Crippen LogP contribution in [-0.2, 0) is 6.54 Å². The largest absolute Gasteiger partial charge is 0.345 e. The molecule has 116 valence electrons. The van der Waals surface area contributed by atoms with E-state index in [1.165, 1.54) is 5.56 Å². The lowest BCUT2D eigenvalue weighted by atomic mass is 10.2. The van der Waals surface area contributed by atoms with E-state index >= 15 is 0 Å². The van der Waals surface area contributed by atoms with Crippen molar-refractivity contribution in [3.8, 4) is 0 Å². The zero-order valence-electron chi connectivity index (χ0n) is 12.8. The zero-order chi connectivity index (χ0) is 15.8. The van der Waals surface area contributed by atoms with E-state index in [2.05, 4.69) is 57.3 Å². The van der Waals surface area contributed by atoms with E-state index in [1.54, 1.807) is 0 Å². The van der Waals surface area contributed by atoms with E-state index in [4.69, 9.17) is 12.2 Å². The predicted molar refractivity (Wildman–Crippen MR) is 102 cm³/mol. The summed E-state index contributed by atoms with van der Waals surface area (Å²) in [6.45, 7) is 4.00. The molecule has 0 bridgehead atoms. The van der Waals surface area contributed by atoms with Gasteiger partial charge in [-0.2, -0.15) is 0 Å². The van der Waals surface area contributed by atoms with Crippen molar-refractivity contribution < 1.29 is 0 Å². The first-order valence-corrected chi connectivity index (χ1v) is 8.74. The van der Waals surface area contributed by atoms with E-state index in [9.17, 15) is 0 Å². The maximum Gasteiger partial charge on any atom is 0.173 e. The lowest BCUT2D eigenvalue weighted by molar-refractivity contribution is 0.408. The summed E-state index contributed by atoms with van der Waals surface area (Å²) in [5, 5.41) is 4.11. The molecule has 0 saturated heterocycles. The maximum absolute atomic E-state index is 5.61. The molecule has 0 aromatic heterocycles. The third kappa shape index (κ3) is 5.43. The second kappa shape index (κ2) is 8.91. The second-order valence-electron chi connectivity index (χ2n) is 5.20. The van der Waals surface area contributed by atoms with Crippen LogP contribution in [0.25, 0.3) is 0 Å². The Bertz CT molecular complexity index is 584. The van der Waals surface area contributed by atoms with Crippen molar-refractivity contribution in [2.45, 2.75) is 26.3 Å². The predicted octanol–water partition coefficient (Wildman–Crippen LogP) is 5.45. The Labute approximate surface area is 146 Å². The van der Waals surface area contributed by atoms with Gasteiger partial charge >= 0.3 is 0 Å². The van der Waals surface area contributed by atoms with Gasteiger partial charge in [0.1, 0.15) is 0 Å². The van der Waals surface area contributed by atoms with Crippen LogP contribution in [0.3, 0.4) is 0 Å². The number of nitrogens with zero attached hydrogens (tertiary/aromatic N) is 1. The molecule has 0 aliphatic carbocycles. The van der Waals surface area contributed by atoms with Crippen LogP contribution in [0.15, 0.2) is 59.1 Å². The van der Waals surface area contributed by atoms with Crippen LogP contribution in [0.4, 0.5) is 5.69 Å². The topological polar surface area (TPSA) is 15.3 Å². The Balaban J connectivity index is 2.03. The van der Waals surface area contributed by atoms with Gasteiger partial charge in [0.05, 0.1) is 0 Å². The van der Waals surface area contributed by atoms with Gasteiger partial charge in [-0.3, -0.25) is 0 Å². The minimum atomic E-state index is 0.777. The molecule has 0 heterocycles. The molecular weight excluding hydrogens is 356 g/mol. The Kier molecular flexibility index (Phi) is 6.87. The molecule has 2 aromatic carbocycles. The lowest BCUT2D eigenvalue weighted by Gasteiger charge is -2.26. The Morgan fingerprint density at radius 2 is 1.77 bits per heavy atom. The van der Waals surface area contributed by atoms with Gasteiger partial charge in [-0.05, 0) is 48.5 Å². The average Bonchev–Trinajstić information content (AvgIpc) is 2.54. The Morgan fingerprint density at radius 1 is 1.09 bits per heavy atom. The van der Waals surface area contributed by atoms with Crippen LogP contribution >= 0.6 is 28.1 Å². The number of rotatable bonds is 6. The van der Waals surface area contributed by atoms with Crippen LogP contribution in [0.1, 0.15) is 25.3 Å². The average molecular weight is 377 g/mol. The van der Waals surface area contributed by atoms with E-state index < -0.39 is 0 Å². The molecule has 22 heavy (non-hydrogen) atoms.